The highest BCUT2D eigenvalue weighted by Crippen LogP contribution is 2.31. The molecule has 1 aliphatic heterocycles. The predicted octanol–water partition coefficient (Wildman–Crippen LogP) is 5.08. The number of hydrogen-bond acceptors (Lipinski definition) is 4. The first-order valence-corrected chi connectivity index (χ1v) is 10.0. The van der Waals surface area contributed by atoms with Gasteiger partial charge in [-0.1, -0.05) is 46.9 Å². The highest BCUT2D eigenvalue weighted by atomic mass is 35.5. The van der Waals surface area contributed by atoms with E-state index in [-0.39, 0.29) is 27.6 Å². The van der Waals surface area contributed by atoms with Crippen molar-refractivity contribution in [3.8, 4) is 6.07 Å². The predicted molar refractivity (Wildman–Crippen MR) is 115 cm³/mol. The molecule has 29 heavy (non-hydrogen) atoms. The van der Waals surface area contributed by atoms with Crippen molar-refractivity contribution in [2.24, 2.45) is 5.92 Å². The van der Waals surface area contributed by atoms with Crippen molar-refractivity contribution in [1.29, 1.82) is 5.26 Å². The Hall–Kier alpha value is -2.46. The molecule has 6 nitrogen and oxygen atoms in total. The molecule has 0 radical (unpaired) electrons. The van der Waals surface area contributed by atoms with E-state index in [1.54, 1.807) is 30.3 Å². The van der Waals surface area contributed by atoms with Crippen molar-refractivity contribution < 1.29 is 9.59 Å². The van der Waals surface area contributed by atoms with Gasteiger partial charge in [-0.05, 0) is 37.1 Å². The number of imide groups is 1. The summed E-state index contributed by atoms with van der Waals surface area (Å²) in [6.07, 6.45) is 1.09. The van der Waals surface area contributed by atoms with Gasteiger partial charge in [0.1, 0.15) is 6.07 Å². The Kier molecular flexibility index (Phi) is 6.86. The van der Waals surface area contributed by atoms with Crippen molar-refractivity contribution in [2.45, 2.75) is 12.8 Å². The van der Waals surface area contributed by atoms with Gasteiger partial charge < -0.3 is 10.2 Å². The maximum Gasteiger partial charge on any atom is 0.325 e. The zero-order valence-electron chi connectivity index (χ0n) is 15.2. The number of amides is 3. The minimum atomic E-state index is -0.686. The van der Waals surface area contributed by atoms with Gasteiger partial charge in [0.25, 0.3) is 0 Å². The zero-order chi connectivity index (χ0) is 21.0. The van der Waals surface area contributed by atoms with E-state index in [1.165, 1.54) is 0 Å². The van der Waals surface area contributed by atoms with E-state index in [0.29, 0.717) is 36.5 Å². The maximum absolute atomic E-state index is 12.5. The van der Waals surface area contributed by atoms with Gasteiger partial charge in [-0.25, -0.2) is 4.79 Å². The molecule has 9 heteroatoms. The summed E-state index contributed by atoms with van der Waals surface area (Å²) in [5, 5.41) is 15.2. The molecule has 2 N–H and O–H groups in total. The number of hydrogen-bond donors (Lipinski definition) is 2. The van der Waals surface area contributed by atoms with E-state index in [4.69, 9.17) is 34.8 Å². The topological polar surface area (TPSA) is 85.2 Å². The van der Waals surface area contributed by atoms with Crippen LogP contribution in [0.2, 0.25) is 15.1 Å². The fraction of sp³-hybridized carbons (Fsp3) is 0.250. The minimum Gasteiger partial charge on any atom is -0.370 e. The second kappa shape index (κ2) is 9.36. The van der Waals surface area contributed by atoms with Crippen LogP contribution >= 0.6 is 34.8 Å². The molecule has 150 valence electrons. The molecule has 0 atom stereocenters. The SMILES string of the molecule is N#Cc1c(Cl)cccc1N1CCC(C(=O)NC(=O)Nc2c(Cl)cccc2Cl)CC1. The molecule has 0 aromatic heterocycles. The molecule has 2 aromatic rings. The van der Waals surface area contributed by atoms with Crippen LogP contribution in [-0.4, -0.2) is 25.0 Å². The average molecular weight is 452 g/mol. The largest absolute Gasteiger partial charge is 0.370 e. The standard InChI is InChI=1S/C20H17Cl3N4O2/c21-14-3-2-6-17(13(14)11-24)27-9-7-12(8-10-27)19(28)26-20(29)25-18-15(22)4-1-5-16(18)23/h1-6,12H,7-10H2,(H2,25,26,28,29). The monoisotopic (exact) mass is 450 g/mol. The maximum atomic E-state index is 12.5. The van der Waals surface area contributed by atoms with Crippen molar-refractivity contribution in [3.05, 3.63) is 57.0 Å². The van der Waals surface area contributed by atoms with Gasteiger partial charge in [-0.2, -0.15) is 5.26 Å². The van der Waals surface area contributed by atoms with E-state index in [2.05, 4.69) is 16.7 Å². The quantitative estimate of drug-likeness (QED) is 0.681. The van der Waals surface area contributed by atoms with Gasteiger partial charge in [-0.3, -0.25) is 10.1 Å². The first kappa shape index (κ1) is 21.3. The molecule has 0 bridgehead atoms. The number of piperidine rings is 1. The first-order chi connectivity index (χ1) is 13.9. The average Bonchev–Trinajstić information content (AvgIpc) is 2.70. The zero-order valence-corrected chi connectivity index (χ0v) is 17.5. The van der Waals surface area contributed by atoms with Gasteiger partial charge >= 0.3 is 6.03 Å². The Balaban J connectivity index is 1.57. The van der Waals surface area contributed by atoms with E-state index >= 15 is 0 Å². The second-order valence-electron chi connectivity index (χ2n) is 6.55. The number of urea groups is 1. The first-order valence-electron chi connectivity index (χ1n) is 8.90. The fourth-order valence-electron chi connectivity index (χ4n) is 3.25. The number of anilines is 2. The van der Waals surface area contributed by atoms with Crippen LogP contribution in [0.15, 0.2) is 36.4 Å². The Morgan fingerprint density at radius 3 is 2.21 bits per heavy atom. The summed E-state index contributed by atoms with van der Waals surface area (Å²) in [6.45, 7) is 1.15. The van der Waals surface area contributed by atoms with Crippen molar-refractivity contribution in [1.82, 2.24) is 5.32 Å². The van der Waals surface area contributed by atoms with Crippen molar-refractivity contribution in [2.75, 3.05) is 23.3 Å². The molecule has 2 aromatic carbocycles. The molecule has 0 spiro atoms. The summed E-state index contributed by atoms with van der Waals surface area (Å²) in [5.74, 6) is -0.680. The molecule has 0 saturated carbocycles. The number of benzene rings is 2. The van der Waals surface area contributed by atoms with Gasteiger partial charge in [0.2, 0.25) is 5.91 Å². The molecular weight excluding hydrogens is 435 g/mol. The Morgan fingerprint density at radius 1 is 1.00 bits per heavy atom. The number of carbonyl (C=O) groups excluding carboxylic acids is 2. The number of para-hydroxylation sites is 1. The van der Waals surface area contributed by atoms with Gasteiger partial charge in [0.05, 0.1) is 32.0 Å². The van der Waals surface area contributed by atoms with Crippen LogP contribution in [0.1, 0.15) is 18.4 Å². The number of nitrogens with zero attached hydrogens (tertiary/aromatic N) is 2. The Labute approximate surface area is 183 Å². The van der Waals surface area contributed by atoms with Crippen LogP contribution in [-0.2, 0) is 4.79 Å². The van der Waals surface area contributed by atoms with Crippen LogP contribution in [0.4, 0.5) is 16.2 Å². The molecule has 1 fully saturated rings. The third kappa shape index (κ3) is 4.94. The van der Waals surface area contributed by atoms with Crippen LogP contribution < -0.4 is 15.5 Å². The highest BCUT2D eigenvalue weighted by Gasteiger charge is 2.27. The van der Waals surface area contributed by atoms with Gasteiger partial charge in [0.15, 0.2) is 0 Å². The van der Waals surface area contributed by atoms with Crippen LogP contribution in [0.5, 0.6) is 0 Å². The smallest absolute Gasteiger partial charge is 0.325 e. The summed E-state index contributed by atoms with van der Waals surface area (Å²) in [4.78, 5) is 26.6. The molecule has 3 amide bonds. The summed E-state index contributed by atoms with van der Waals surface area (Å²) >= 11 is 18.1. The molecule has 1 heterocycles. The van der Waals surface area contributed by atoms with Gasteiger partial charge in [-0.15, -0.1) is 0 Å². The molecular formula is C20H17Cl3N4O2. The Morgan fingerprint density at radius 2 is 1.59 bits per heavy atom. The third-order valence-corrected chi connectivity index (χ3v) is 5.69. The van der Waals surface area contributed by atoms with E-state index in [1.807, 2.05) is 11.0 Å². The van der Waals surface area contributed by atoms with Gasteiger partial charge in [0, 0.05) is 19.0 Å². The summed E-state index contributed by atoms with van der Waals surface area (Å²) in [7, 11) is 0. The number of carbonyl (C=O) groups is 2. The van der Waals surface area contributed by atoms with E-state index in [0.717, 1.165) is 5.69 Å². The lowest BCUT2D eigenvalue weighted by Gasteiger charge is -2.33. The van der Waals surface area contributed by atoms with Crippen LogP contribution in [0.25, 0.3) is 0 Å². The third-order valence-electron chi connectivity index (χ3n) is 4.75. The number of rotatable bonds is 3. The van der Waals surface area contributed by atoms with Crippen LogP contribution in [0.3, 0.4) is 0 Å². The lowest BCUT2D eigenvalue weighted by molar-refractivity contribution is -0.124. The lowest BCUT2D eigenvalue weighted by Crippen LogP contribution is -2.43. The lowest BCUT2D eigenvalue weighted by atomic mass is 9.95. The van der Waals surface area contributed by atoms with Crippen molar-refractivity contribution in [3.63, 3.8) is 0 Å². The fourth-order valence-corrected chi connectivity index (χ4v) is 3.95. The molecule has 0 aliphatic carbocycles. The minimum absolute atomic E-state index is 0.251. The van der Waals surface area contributed by atoms with E-state index in [9.17, 15) is 14.9 Å². The Bertz CT molecular complexity index is 962. The molecule has 1 aliphatic rings. The summed E-state index contributed by atoms with van der Waals surface area (Å²) in [5.41, 5.74) is 1.43. The number of nitriles is 1. The normalized spacial score (nSPS) is 14.2. The summed E-state index contributed by atoms with van der Waals surface area (Å²) < 4.78 is 0. The highest BCUT2D eigenvalue weighted by molar-refractivity contribution is 6.39. The van der Waals surface area contributed by atoms with E-state index < -0.39 is 6.03 Å². The van der Waals surface area contributed by atoms with Crippen molar-refractivity contribution >= 4 is 58.1 Å². The summed E-state index contributed by atoms with van der Waals surface area (Å²) in [6, 6.07) is 11.6. The second-order valence-corrected chi connectivity index (χ2v) is 7.77. The molecule has 3 rings (SSSR count). The van der Waals surface area contributed by atoms with Crippen LogP contribution in [0, 0.1) is 17.2 Å². The molecule has 0 unspecified atom stereocenters. The number of nitrogens with one attached hydrogen (secondary N) is 2. The number of halogens is 3. The molecule has 1 saturated heterocycles.